The zero-order valence-electron chi connectivity index (χ0n) is 12.6. The minimum Gasteiger partial charge on any atom is -0.462 e. The summed E-state index contributed by atoms with van der Waals surface area (Å²) < 4.78 is 5.09. The van der Waals surface area contributed by atoms with Gasteiger partial charge in [-0.15, -0.1) is 0 Å². The smallest absolute Gasteiger partial charge is 0.340 e. The van der Waals surface area contributed by atoms with Crippen LogP contribution in [0.15, 0.2) is 12.1 Å². The van der Waals surface area contributed by atoms with Crippen LogP contribution in [0.5, 0.6) is 0 Å². The van der Waals surface area contributed by atoms with E-state index < -0.39 is 5.97 Å². The van der Waals surface area contributed by atoms with E-state index in [2.05, 4.69) is 12.2 Å². The molecule has 0 bridgehead atoms. The molecule has 0 aliphatic heterocycles. The lowest BCUT2D eigenvalue weighted by Crippen LogP contribution is -2.22. The lowest BCUT2D eigenvalue weighted by atomic mass is 10.1. The number of esters is 1. The highest BCUT2D eigenvalue weighted by Crippen LogP contribution is 2.36. The number of hydrogen-bond acceptors (Lipinski definition) is 4. The van der Waals surface area contributed by atoms with Crippen molar-refractivity contribution in [2.24, 2.45) is 5.92 Å². The summed E-state index contributed by atoms with van der Waals surface area (Å²) >= 11 is 6.28. The largest absolute Gasteiger partial charge is 0.462 e. The third kappa shape index (κ3) is 4.27. The minimum atomic E-state index is -0.393. The number of anilines is 2. The fourth-order valence-corrected chi connectivity index (χ4v) is 2.71. The molecule has 0 amide bonds. The van der Waals surface area contributed by atoms with Crippen LogP contribution in [0.3, 0.4) is 0 Å². The predicted molar refractivity (Wildman–Crippen MR) is 86.9 cm³/mol. The summed E-state index contributed by atoms with van der Waals surface area (Å²) in [4.78, 5) is 12.1. The highest BCUT2D eigenvalue weighted by Gasteiger charge is 2.26. The third-order valence-electron chi connectivity index (χ3n) is 3.76. The Bertz CT molecular complexity index is 515. The van der Waals surface area contributed by atoms with E-state index in [9.17, 15) is 4.79 Å². The van der Waals surface area contributed by atoms with Gasteiger partial charge >= 0.3 is 5.97 Å². The SMILES string of the molecule is CCOC(=O)c1cc(N)cc(Cl)c1NC(CC)CC1CC1. The number of hydrogen-bond donors (Lipinski definition) is 2. The average molecular weight is 311 g/mol. The summed E-state index contributed by atoms with van der Waals surface area (Å²) in [6.45, 7) is 4.24. The fraction of sp³-hybridized carbons (Fsp3) is 0.562. The molecular weight excluding hydrogens is 288 g/mol. The second-order valence-corrected chi connectivity index (χ2v) is 5.98. The molecule has 1 atom stereocenters. The molecular formula is C16H23ClN2O2. The van der Waals surface area contributed by atoms with Gasteiger partial charge in [0.05, 0.1) is 22.9 Å². The van der Waals surface area contributed by atoms with Gasteiger partial charge in [-0.05, 0) is 37.8 Å². The van der Waals surface area contributed by atoms with Gasteiger partial charge in [0.2, 0.25) is 0 Å². The number of benzene rings is 1. The lowest BCUT2D eigenvalue weighted by molar-refractivity contribution is 0.0527. The van der Waals surface area contributed by atoms with Crippen LogP contribution in [0, 0.1) is 5.92 Å². The van der Waals surface area contributed by atoms with E-state index in [1.165, 1.54) is 12.8 Å². The summed E-state index contributed by atoms with van der Waals surface area (Å²) in [5.74, 6) is 0.413. The quantitative estimate of drug-likeness (QED) is 0.588. The first kappa shape index (κ1) is 16.0. The molecule has 0 spiro atoms. The van der Waals surface area contributed by atoms with Crippen molar-refractivity contribution in [1.82, 2.24) is 0 Å². The molecule has 1 saturated carbocycles. The number of carbonyl (C=O) groups is 1. The van der Waals surface area contributed by atoms with Crippen molar-refractivity contribution >= 4 is 28.9 Å². The summed E-state index contributed by atoms with van der Waals surface area (Å²) in [6, 6.07) is 3.60. The van der Waals surface area contributed by atoms with Crippen LogP contribution in [-0.4, -0.2) is 18.6 Å². The van der Waals surface area contributed by atoms with Crippen molar-refractivity contribution < 1.29 is 9.53 Å². The van der Waals surface area contributed by atoms with Crippen molar-refractivity contribution in [3.05, 3.63) is 22.7 Å². The van der Waals surface area contributed by atoms with Crippen LogP contribution in [-0.2, 0) is 4.74 Å². The third-order valence-corrected chi connectivity index (χ3v) is 4.06. The fourth-order valence-electron chi connectivity index (χ4n) is 2.43. The number of carbonyl (C=O) groups excluding carboxylic acids is 1. The molecule has 1 aliphatic carbocycles. The number of halogens is 1. The van der Waals surface area contributed by atoms with Crippen LogP contribution >= 0.6 is 11.6 Å². The molecule has 4 nitrogen and oxygen atoms in total. The predicted octanol–water partition coefficient (Wildman–Crippen LogP) is 4.09. The van der Waals surface area contributed by atoms with E-state index in [0.717, 1.165) is 18.8 Å². The molecule has 1 aliphatic rings. The molecule has 0 aromatic heterocycles. The van der Waals surface area contributed by atoms with E-state index in [1.807, 2.05) is 0 Å². The maximum Gasteiger partial charge on any atom is 0.340 e. The Hall–Kier alpha value is -1.42. The zero-order valence-corrected chi connectivity index (χ0v) is 13.4. The normalized spacial score (nSPS) is 15.6. The maximum absolute atomic E-state index is 12.1. The first-order valence-electron chi connectivity index (χ1n) is 7.57. The van der Waals surface area contributed by atoms with E-state index >= 15 is 0 Å². The van der Waals surface area contributed by atoms with Gasteiger partial charge < -0.3 is 15.8 Å². The topological polar surface area (TPSA) is 64.3 Å². The summed E-state index contributed by atoms with van der Waals surface area (Å²) in [5.41, 5.74) is 7.31. The second-order valence-electron chi connectivity index (χ2n) is 5.57. The van der Waals surface area contributed by atoms with Crippen molar-refractivity contribution in [1.29, 1.82) is 0 Å². The van der Waals surface area contributed by atoms with Gasteiger partial charge in [0.25, 0.3) is 0 Å². The van der Waals surface area contributed by atoms with Gasteiger partial charge in [-0.3, -0.25) is 0 Å². The van der Waals surface area contributed by atoms with Crippen molar-refractivity contribution in [2.75, 3.05) is 17.7 Å². The Balaban J connectivity index is 2.24. The van der Waals surface area contributed by atoms with Crippen LogP contribution in [0.1, 0.15) is 49.9 Å². The first-order chi connectivity index (χ1) is 10.0. The first-order valence-corrected chi connectivity index (χ1v) is 7.95. The van der Waals surface area contributed by atoms with Crippen LogP contribution < -0.4 is 11.1 Å². The van der Waals surface area contributed by atoms with Gasteiger partial charge in [-0.2, -0.15) is 0 Å². The Morgan fingerprint density at radius 1 is 1.48 bits per heavy atom. The molecule has 0 heterocycles. The Morgan fingerprint density at radius 3 is 2.76 bits per heavy atom. The standard InChI is InChI=1S/C16H23ClN2O2/c1-3-12(7-10-5-6-10)19-15-13(16(20)21-4-2)8-11(18)9-14(15)17/h8-10,12,19H,3-7,18H2,1-2H3. The zero-order chi connectivity index (χ0) is 15.4. The Kier molecular flexibility index (Phi) is 5.34. The molecule has 5 heteroatoms. The van der Waals surface area contributed by atoms with Crippen LogP contribution in [0.2, 0.25) is 5.02 Å². The highest BCUT2D eigenvalue weighted by atomic mass is 35.5. The molecule has 1 unspecified atom stereocenters. The van der Waals surface area contributed by atoms with Gasteiger partial charge in [0.15, 0.2) is 0 Å². The van der Waals surface area contributed by atoms with Crippen molar-refractivity contribution in [3.63, 3.8) is 0 Å². The minimum absolute atomic E-state index is 0.312. The Labute approximate surface area is 131 Å². The summed E-state index contributed by atoms with van der Waals surface area (Å²) in [5, 5.41) is 3.88. The van der Waals surface area contributed by atoms with E-state index in [0.29, 0.717) is 34.6 Å². The molecule has 21 heavy (non-hydrogen) atoms. The van der Waals surface area contributed by atoms with E-state index in [-0.39, 0.29) is 0 Å². The lowest BCUT2D eigenvalue weighted by Gasteiger charge is -2.21. The maximum atomic E-state index is 12.1. The van der Waals surface area contributed by atoms with Crippen LogP contribution in [0.4, 0.5) is 11.4 Å². The highest BCUT2D eigenvalue weighted by molar-refractivity contribution is 6.34. The van der Waals surface area contributed by atoms with Gasteiger partial charge in [0.1, 0.15) is 0 Å². The number of nitrogen functional groups attached to an aromatic ring is 1. The molecule has 116 valence electrons. The average Bonchev–Trinajstić information content (AvgIpc) is 3.24. The monoisotopic (exact) mass is 310 g/mol. The molecule has 1 fully saturated rings. The number of ether oxygens (including phenoxy) is 1. The van der Waals surface area contributed by atoms with Gasteiger partial charge in [-0.1, -0.05) is 31.4 Å². The second kappa shape index (κ2) is 7.03. The molecule has 1 aromatic carbocycles. The number of nitrogens with two attached hydrogens (primary N) is 1. The molecule has 0 saturated heterocycles. The van der Waals surface area contributed by atoms with Crippen LogP contribution in [0.25, 0.3) is 0 Å². The summed E-state index contributed by atoms with van der Waals surface area (Å²) in [7, 11) is 0. The summed E-state index contributed by atoms with van der Waals surface area (Å²) in [6.07, 6.45) is 4.70. The molecule has 1 aromatic rings. The molecule has 2 rings (SSSR count). The molecule has 0 radical (unpaired) electrons. The van der Waals surface area contributed by atoms with E-state index in [1.54, 1.807) is 19.1 Å². The van der Waals surface area contributed by atoms with E-state index in [4.69, 9.17) is 22.1 Å². The molecule has 3 N–H and O–H groups in total. The number of nitrogens with one attached hydrogen (secondary N) is 1. The van der Waals surface area contributed by atoms with Gasteiger partial charge in [0, 0.05) is 11.7 Å². The van der Waals surface area contributed by atoms with Crippen molar-refractivity contribution in [3.8, 4) is 0 Å². The van der Waals surface area contributed by atoms with Crippen molar-refractivity contribution in [2.45, 2.75) is 45.6 Å². The van der Waals surface area contributed by atoms with Gasteiger partial charge in [-0.25, -0.2) is 4.79 Å². The number of rotatable bonds is 7. The Morgan fingerprint density at radius 2 is 2.19 bits per heavy atom.